The molecule has 1 saturated heterocycles. The summed E-state index contributed by atoms with van der Waals surface area (Å²) in [5.41, 5.74) is 1.61. The van der Waals surface area contributed by atoms with Crippen LogP contribution in [-0.2, 0) is 0 Å². The van der Waals surface area contributed by atoms with Gasteiger partial charge in [0.2, 0.25) is 0 Å². The summed E-state index contributed by atoms with van der Waals surface area (Å²) in [5.74, 6) is -0.360. The maximum atomic E-state index is 12.7. The summed E-state index contributed by atoms with van der Waals surface area (Å²) < 4.78 is 0. The molecule has 1 aliphatic heterocycles. The molecule has 2 unspecified atom stereocenters. The molecular weight excluding hydrogens is 358 g/mol. The van der Waals surface area contributed by atoms with Crippen molar-refractivity contribution in [2.45, 2.75) is 31.8 Å². The highest BCUT2D eigenvalue weighted by Crippen LogP contribution is 2.18. The summed E-state index contributed by atoms with van der Waals surface area (Å²) in [4.78, 5) is 24.9. The van der Waals surface area contributed by atoms with Gasteiger partial charge in [0, 0.05) is 17.5 Å². The number of rotatable bonds is 4. The van der Waals surface area contributed by atoms with Crippen molar-refractivity contribution in [1.82, 2.24) is 10.6 Å². The predicted octanol–water partition coefficient (Wildman–Crippen LogP) is 3.29. The van der Waals surface area contributed by atoms with Crippen LogP contribution in [0.4, 0.5) is 5.69 Å². The summed E-state index contributed by atoms with van der Waals surface area (Å²) in [6.07, 6.45) is 2.01. The van der Waals surface area contributed by atoms with Crippen LogP contribution >= 0.6 is 23.7 Å². The van der Waals surface area contributed by atoms with Gasteiger partial charge in [0.05, 0.1) is 16.8 Å². The van der Waals surface area contributed by atoms with Gasteiger partial charge in [0.25, 0.3) is 11.8 Å². The third-order valence-corrected chi connectivity index (χ3v) is 4.96. The number of benzene rings is 1. The molecule has 2 aromatic rings. The minimum Gasteiger partial charge on any atom is -0.348 e. The molecule has 134 valence electrons. The topological polar surface area (TPSA) is 70.2 Å². The van der Waals surface area contributed by atoms with E-state index >= 15 is 0 Å². The molecule has 1 aromatic heterocycles. The van der Waals surface area contributed by atoms with E-state index in [0.29, 0.717) is 16.8 Å². The van der Waals surface area contributed by atoms with Gasteiger partial charge in [-0.2, -0.15) is 11.3 Å². The summed E-state index contributed by atoms with van der Waals surface area (Å²) in [6.45, 7) is 3.06. The number of piperidine rings is 1. The van der Waals surface area contributed by atoms with E-state index < -0.39 is 0 Å². The molecule has 2 heterocycles. The van der Waals surface area contributed by atoms with Crippen LogP contribution in [0.1, 0.15) is 40.5 Å². The van der Waals surface area contributed by atoms with Crippen LogP contribution in [0.15, 0.2) is 41.1 Å². The van der Waals surface area contributed by atoms with Crippen molar-refractivity contribution in [3.8, 4) is 0 Å². The van der Waals surface area contributed by atoms with Gasteiger partial charge in [-0.25, -0.2) is 0 Å². The summed E-state index contributed by atoms with van der Waals surface area (Å²) in [6, 6.07) is 9.21. The minimum atomic E-state index is -0.204. The lowest BCUT2D eigenvalue weighted by Crippen LogP contribution is -2.52. The van der Waals surface area contributed by atoms with E-state index in [0.717, 1.165) is 19.4 Å². The molecule has 0 saturated carbocycles. The first-order valence-electron chi connectivity index (χ1n) is 8.12. The van der Waals surface area contributed by atoms with Crippen molar-refractivity contribution in [2.24, 2.45) is 0 Å². The molecule has 0 bridgehead atoms. The van der Waals surface area contributed by atoms with Crippen LogP contribution < -0.4 is 16.0 Å². The molecule has 0 aliphatic carbocycles. The number of para-hydroxylation sites is 1. The monoisotopic (exact) mass is 379 g/mol. The van der Waals surface area contributed by atoms with E-state index in [-0.39, 0.29) is 36.3 Å². The van der Waals surface area contributed by atoms with Gasteiger partial charge in [-0.05, 0) is 49.9 Å². The fraction of sp³-hybridized carbons (Fsp3) is 0.333. The van der Waals surface area contributed by atoms with Crippen LogP contribution in [0.5, 0.6) is 0 Å². The molecule has 0 spiro atoms. The first-order chi connectivity index (χ1) is 11.6. The highest BCUT2D eigenvalue weighted by Gasteiger charge is 2.24. The Morgan fingerprint density at radius 1 is 1.20 bits per heavy atom. The Morgan fingerprint density at radius 2 is 2.00 bits per heavy atom. The number of nitrogens with one attached hydrogen (secondary N) is 3. The number of amides is 2. The van der Waals surface area contributed by atoms with E-state index in [9.17, 15) is 9.59 Å². The fourth-order valence-corrected chi connectivity index (χ4v) is 3.50. The maximum absolute atomic E-state index is 12.7. The quantitative estimate of drug-likeness (QED) is 0.763. The molecule has 5 nitrogen and oxygen atoms in total. The number of carbonyl (C=O) groups is 2. The molecule has 3 N–H and O–H groups in total. The Bertz CT molecular complexity index is 721. The molecule has 2 amide bonds. The van der Waals surface area contributed by atoms with E-state index in [1.165, 1.54) is 11.3 Å². The maximum Gasteiger partial charge on any atom is 0.256 e. The van der Waals surface area contributed by atoms with Crippen molar-refractivity contribution in [3.63, 3.8) is 0 Å². The van der Waals surface area contributed by atoms with E-state index in [1.54, 1.807) is 29.6 Å². The van der Waals surface area contributed by atoms with Gasteiger partial charge in [-0.15, -0.1) is 12.4 Å². The standard InChI is InChI=1S/C18H21N3O2S.ClH/c1-12-15(7-4-9-19-12)20-18(23)14-5-2-3-6-16(14)21-17(22)13-8-10-24-11-13;/h2-3,5-6,8,10-12,15,19H,4,7,9H2,1H3,(H,20,23)(H,21,22);1H. The number of carbonyl (C=O) groups excluding carboxylic acids is 2. The highest BCUT2D eigenvalue weighted by molar-refractivity contribution is 7.08. The number of hydrogen-bond donors (Lipinski definition) is 3. The molecule has 2 atom stereocenters. The van der Waals surface area contributed by atoms with Gasteiger partial charge in [-0.3, -0.25) is 9.59 Å². The molecule has 1 fully saturated rings. The molecular formula is C18H22ClN3O2S. The van der Waals surface area contributed by atoms with Crippen LogP contribution in [0.25, 0.3) is 0 Å². The van der Waals surface area contributed by atoms with Crippen LogP contribution in [0, 0.1) is 0 Å². The normalized spacial score (nSPS) is 19.6. The van der Waals surface area contributed by atoms with Gasteiger partial charge in [-0.1, -0.05) is 12.1 Å². The van der Waals surface area contributed by atoms with Crippen LogP contribution in [0.3, 0.4) is 0 Å². The Hall–Kier alpha value is -1.89. The Balaban J connectivity index is 0.00000225. The molecule has 25 heavy (non-hydrogen) atoms. The lowest BCUT2D eigenvalue weighted by atomic mass is 9.99. The van der Waals surface area contributed by atoms with Crippen LogP contribution in [-0.4, -0.2) is 30.4 Å². The zero-order valence-electron chi connectivity index (χ0n) is 14.0. The Morgan fingerprint density at radius 3 is 2.72 bits per heavy atom. The number of hydrogen-bond acceptors (Lipinski definition) is 4. The van der Waals surface area contributed by atoms with E-state index in [1.807, 2.05) is 11.4 Å². The number of halogens is 1. The first-order valence-corrected chi connectivity index (χ1v) is 9.06. The Labute approximate surface area is 157 Å². The molecule has 1 aromatic carbocycles. The van der Waals surface area contributed by atoms with Crippen molar-refractivity contribution >= 4 is 41.2 Å². The van der Waals surface area contributed by atoms with E-state index in [4.69, 9.17) is 0 Å². The zero-order chi connectivity index (χ0) is 16.9. The number of thiophene rings is 1. The second-order valence-electron chi connectivity index (χ2n) is 5.98. The average Bonchev–Trinajstić information content (AvgIpc) is 3.12. The predicted molar refractivity (Wildman–Crippen MR) is 104 cm³/mol. The minimum absolute atomic E-state index is 0. The van der Waals surface area contributed by atoms with Crippen molar-refractivity contribution in [3.05, 3.63) is 52.2 Å². The smallest absolute Gasteiger partial charge is 0.256 e. The molecule has 0 radical (unpaired) electrons. The number of anilines is 1. The van der Waals surface area contributed by atoms with Gasteiger partial charge < -0.3 is 16.0 Å². The highest BCUT2D eigenvalue weighted by atomic mass is 35.5. The SMILES string of the molecule is CC1NCCCC1NC(=O)c1ccccc1NC(=O)c1ccsc1.Cl. The Kier molecular flexibility index (Phi) is 6.99. The summed E-state index contributed by atoms with van der Waals surface area (Å²) >= 11 is 1.47. The van der Waals surface area contributed by atoms with Gasteiger partial charge in [0.15, 0.2) is 0 Å². The first kappa shape index (κ1) is 19.4. The third-order valence-electron chi connectivity index (χ3n) is 4.28. The van der Waals surface area contributed by atoms with Crippen LogP contribution in [0.2, 0.25) is 0 Å². The van der Waals surface area contributed by atoms with Crippen molar-refractivity contribution in [2.75, 3.05) is 11.9 Å². The van der Waals surface area contributed by atoms with Gasteiger partial charge in [0.1, 0.15) is 0 Å². The lowest BCUT2D eigenvalue weighted by molar-refractivity contribution is 0.0920. The fourth-order valence-electron chi connectivity index (χ4n) is 2.87. The molecule has 1 aliphatic rings. The van der Waals surface area contributed by atoms with Gasteiger partial charge >= 0.3 is 0 Å². The molecule has 3 rings (SSSR count). The summed E-state index contributed by atoms with van der Waals surface area (Å²) in [5, 5.41) is 12.9. The lowest BCUT2D eigenvalue weighted by Gasteiger charge is -2.30. The average molecular weight is 380 g/mol. The van der Waals surface area contributed by atoms with E-state index in [2.05, 4.69) is 22.9 Å². The van der Waals surface area contributed by atoms with Crippen molar-refractivity contribution in [1.29, 1.82) is 0 Å². The second-order valence-corrected chi connectivity index (χ2v) is 6.76. The van der Waals surface area contributed by atoms with Crippen molar-refractivity contribution < 1.29 is 9.59 Å². The largest absolute Gasteiger partial charge is 0.348 e. The third kappa shape index (κ3) is 4.81. The zero-order valence-corrected chi connectivity index (χ0v) is 15.6. The summed E-state index contributed by atoms with van der Waals surface area (Å²) in [7, 11) is 0. The second kappa shape index (κ2) is 8.99. The molecule has 7 heteroatoms.